The fraction of sp³-hybridized carbons (Fsp3) is 0.222. The molecule has 2 aliphatic rings. The molecule has 0 aliphatic carbocycles. The normalized spacial score (nSPS) is 23.2. The summed E-state index contributed by atoms with van der Waals surface area (Å²) in [5.74, 6) is -9.67. The Kier molecular flexibility index (Phi) is 5.45. The molecule has 0 saturated carbocycles. The van der Waals surface area contributed by atoms with Gasteiger partial charge in [-0.25, -0.2) is 14.4 Å². The Hall–Kier alpha value is -5.49. The van der Waals surface area contributed by atoms with Crippen molar-refractivity contribution in [1.29, 1.82) is 0 Å². The molecule has 1 saturated heterocycles. The molecule has 44 heavy (non-hydrogen) atoms. The molecule has 3 aromatic carbocycles. The summed E-state index contributed by atoms with van der Waals surface area (Å²) in [6, 6.07) is 0.771. The first-order valence-electron chi connectivity index (χ1n) is 12.6. The molecule has 0 radical (unpaired) electrons. The van der Waals surface area contributed by atoms with Crippen LogP contribution in [0.5, 0.6) is 40.2 Å². The maximum Gasteiger partial charge on any atom is 0.345 e. The van der Waals surface area contributed by atoms with E-state index in [9.17, 15) is 65.4 Å². The lowest BCUT2D eigenvalue weighted by atomic mass is 9.81. The number of fused-ring (bicyclic) bond motifs is 3. The number of esters is 1. The van der Waals surface area contributed by atoms with Crippen LogP contribution in [0.15, 0.2) is 24.5 Å². The lowest BCUT2D eigenvalue weighted by Gasteiger charge is -2.44. The number of benzene rings is 3. The van der Waals surface area contributed by atoms with E-state index < -0.39 is 150 Å². The Labute approximate surface area is 239 Å². The van der Waals surface area contributed by atoms with E-state index >= 15 is 0 Å². The third-order valence-electron chi connectivity index (χ3n) is 8.01. The largest absolute Gasteiger partial charge is 0.504 e. The summed E-state index contributed by atoms with van der Waals surface area (Å²) in [4.78, 5) is 39.6. The fourth-order valence-corrected chi connectivity index (χ4v) is 6.02. The van der Waals surface area contributed by atoms with Gasteiger partial charge in [0.2, 0.25) is 17.2 Å². The Morgan fingerprint density at radius 2 is 1.30 bits per heavy atom. The molecule has 228 valence electrons. The predicted octanol–water partition coefficient (Wildman–Crippen LogP) is -0.210. The number of carbonyl (C=O) groups excluding carboxylic acids is 1. The smallest absolute Gasteiger partial charge is 0.345 e. The van der Waals surface area contributed by atoms with Crippen molar-refractivity contribution in [3.05, 3.63) is 38.0 Å². The van der Waals surface area contributed by atoms with E-state index in [2.05, 4.69) is 0 Å². The standard InChI is InChI=1S/C27H18O17/c28-2-5-14(31)19(36)24-23(41-5)12-11(27(40)44-24)8(15(32)18(35)17(12)34)7-10-9-6-3(25(38)42-22(9)20(37)16(7)33)1-4(29)13(30)21(6)43-26(10)39/h1,5,14,19,23-24,28-37H,2H2/t5-,14-,19+,23-,24-/m1/s1. The van der Waals surface area contributed by atoms with Gasteiger partial charge in [-0.2, -0.15) is 0 Å². The summed E-state index contributed by atoms with van der Waals surface area (Å²) in [6.07, 6.45) is -8.59. The van der Waals surface area contributed by atoms with Crippen molar-refractivity contribution in [3.8, 4) is 51.4 Å². The molecule has 2 aliphatic heterocycles. The van der Waals surface area contributed by atoms with Gasteiger partial charge in [0, 0.05) is 27.5 Å². The number of aliphatic hydroxyl groups is 3. The lowest BCUT2D eigenvalue weighted by molar-refractivity contribution is -0.235. The van der Waals surface area contributed by atoms with Crippen LogP contribution < -0.4 is 11.3 Å². The highest BCUT2D eigenvalue weighted by molar-refractivity contribution is 6.26. The number of aliphatic hydroxyl groups excluding tert-OH is 3. The molecule has 0 spiro atoms. The lowest BCUT2D eigenvalue weighted by Crippen LogP contribution is -2.58. The minimum Gasteiger partial charge on any atom is -0.504 e. The summed E-state index contributed by atoms with van der Waals surface area (Å²) in [5.41, 5.74) is -7.56. The molecule has 5 atom stereocenters. The van der Waals surface area contributed by atoms with Crippen molar-refractivity contribution in [3.63, 3.8) is 0 Å². The van der Waals surface area contributed by atoms with Crippen molar-refractivity contribution >= 4 is 38.7 Å². The topological polar surface area (TPSA) is 298 Å². The number of rotatable bonds is 2. The second-order valence-electron chi connectivity index (χ2n) is 10.3. The van der Waals surface area contributed by atoms with Crippen LogP contribution in [0, 0.1) is 0 Å². The monoisotopic (exact) mass is 614 g/mol. The van der Waals surface area contributed by atoms with Crippen molar-refractivity contribution in [2.24, 2.45) is 0 Å². The van der Waals surface area contributed by atoms with Gasteiger partial charge in [0.05, 0.1) is 22.9 Å². The second-order valence-corrected chi connectivity index (χ2v) is 10.3. The van der Waals surface area contributed by atoms with Crippen LogP contribution in [0.2, 0.25) is 0 Å². The average Bonchev–Trinajstić information content (AvgIpc) is 2.99. The maximum atomic E-state index is 13.5. The van der Waals surface area contributed by atoms with Gasteiger partial charge in [0.1, 0.15) is 24.4 Å². The summed E-state index contributed by atoms with van der Waals surface area (Å²) >= 11 is 0. The third kappa shape index (κ3) is 3.17. The average molecular weight is 614 g/mol. The molecule has 7 rings (SSSR count). The van der Waals surface area contributed by atoms with Gasteiger partial charge < -0.3 is 69.4 Å². The van der Waals surface area contributed by atoms with Gasteiger partial charge in [-0.15, -0.1) is 0 Å². The molecular weight excluding hydrogens is 596 g/mol. The van der Waals surface area contributed by atoms with Crippen LogP contribution >= 0.6 is 0 Å². The third-order valence-corrected chi connectivity index (χ3v) is 8.01. The van der Waals surface area contributed by atoms with Gasteiger partial charge in [-0.3, -0.25) is 0 Å². The van der Waals surface area contributed by atoms with Gasteiger partial charge in [0.15, 0.2) is 40.3 Å². The molecule has 2 aromatic heterocycles. The summed E-state index contributed by atoms with van der Waals surface area (Å²) in [5, 5.41) is 104. The Balaban J connectivity index is 1.67. The minimum atomic E-state index is -1.88. The van der Waals surface area contributed by atoms with Gasteiger partial charge in [-0.1, -0.05) is 0 Å². The molecule has 5 aromatic rings. The molecular formula is C27H18O17. The number of ether oxygens (including phenoxy) is 2. The zero-order valence-corrected chi connectivity index (χ0v) is 21.5. The summed E-state index contributed by atoms with van der Waals surface area (Å²) in [6.45, 7) is -0.860. The maximum absolute atomic E-state index is 13.5. The van der Waals surface area contributed by atoms with E-state index in [0.717, 1.165) is 6.07 Å². The molecule has 0 unspecified atom stereocenters. The molecule has 17 heteroatoms. The highest BCUT2D eigenvalue weighted by Crippen LogP contribution is 2.58. The Bertz CT molecular complexity index is 2210. The number of phenols is 7. The molecule has 0 amide bonds. The van der Waals surface area contributed by atoms with Crippen molar-refractivity contribution in [2.75, 3.05) is 6.61 Å². The zero-order valence-electron chi connectivity index (χ0n) is 21.5. The van der Waals surface area contributed by atoms with Crippen LogP contribution in [-0.2, 0) is 9.47 Å². The van der Waals surface area contributed by atoms with Gasteiger partial charge in [0.25, 0.3) is 0 Å². The predicted molar refractivity (Wildman–Crippen MR) is 140 cm³/mol. The second kappa shape index (κ2) is 8.77. The van der Waals surface area contributed by atoms with E-state index in [1.165, 1.54) is 0 Å². The first-order valence-corrected chi connectivity index (χ1v) is 12.6. The van der Waals surface area contributed by atoms with Crippen LogP contribution in [0.25, 0.3) is 43.8 Å². The van der Waals surface area contributed by atoms with Crippen LogP contribution in [0.3, 0.4) is 0 Å². The molecule has 10 N–H and O–H groups in total. The van der Waals surface area contributed by atoms with Crippen LogP contribution in [0.1, 0.15) is 22.0 Å². The van der Waals surface area contributed by atoms with Crippen LogP contribution in [0.4, 0.5) is 0 Å². The molecule has 0 bridgehead atoms. The first kappa shape index (κ1) is 27.3. The molecule has 1 fully saturated rings. The van der Waals surface area contributed by atoms with E-state index in [-0.39, 0.29) is 0 Å². The highest BCUT2D eigenvalue weighted by atomic mass is 16.6. The van der Waals surface area contributed by atoms with E-state index in [1.54, 1.807) is 0 Å². The van der Waals surface area contributed by atoms with E-state index in [1.807, 2.05) is 0 Å². The molecule has 17 nitrogen and oxygen atoms in total. The minimum absolute atomic E-state index is 0.393. The van der Waals surface area contributed by atoms with Crippen molar-refractivity contribution in [2.45, 2.75) is 30.5 Å². The number of carbonyl (C=O) groups is 1. The fourth-order valence-electron chi connectivity index (χ4n) is 6.02. The first-order chi connectivity index (χ1) is 20.8. The zero-order chi connectivity index (χ0) is 31.7. The van der Waals surface area contributed by atoms with Crippen molar-refractivity contribution in [1.82, 2.24) is 0 Å². The number of hydrogen-bond donors (Lipinski definition) is 10. The SMILES string of the molecule is O=C1O[C@@H]2[C@@H](O)[C@H](O)[C@@H](CO)O[C@@H]2c2c(O)c(O)c(O)c(-c3c(O)c(O)c4oc(=O)c5cc(O)c(O)c6oc(=O)c3c4c65)c21. The number of aromatic hydroxyl groups is 7. The van der Waals surface area contributed by atoms with E-state index in [0.29, 0.717) is 0 Å². The van der Waals surface area contributed by atoms with Gasteiger partial charge in [-0.05, 0) is 6.07 Å². The quantitative estimate of drug-likeness (QED) is 0.0532. The van der Waals surface area contributed by atoms with Crippen molar-refractivity contribution < 1.29 is 74.2 Å². The summed E-state index contributed by atoms with van der Waals surface area (Å²) < 4.78 is 21.1. The molecule has 4 heterocycles. The van der Waals surface area contributed by atoms with Gasteiger partial charge >= 0.3 is 17.2 Å². The summed E-state index contributed by atoms with van der Waals surface area (Å²) in [7, 11) is 0. The Morgan fingerprint density at radius 1 is 0.659 bits per heavy atom. The van der Waals surface area contributed by atoms with E-state index in [4.69, 9.17) is 18.3 Å². The number of phenolic OH excluding ortho intramolecular Hbond substituents is 7. The van der Waals surface area contributed by atoms with Crippen LogP contribution in [-0.4, -0.2) is 88.1 Å². The highest BCUT2D eigenvalue weighted by Gasteiger charge is 2.53. The number of hydrogen-bond acceptors (Lipinski definition) is 17. The Morgan fingerprint density at radius 3 is 1.98 bits per heavy atom.